The van der Waals surface area contributed by atoms with E-state index in [2.05, 4.69) is 28.0 Å². The number of rotatable bonds is 4. The first-order valence-electron chi connectivity index (χ1n) is 5.76. The van der Waals surface area contributed by atoms with Gasteiger partial charge in [-0.05, 0) is 30.7 Å². The van der Waals surface area contributed by atoms with Crippen LogP contribution in [-0.4, -0.2) is 18.1 Å². The number of nitrogens with one attached hydrogen (secondary N) is 2. The molecule has 0 bridgehead atoms. The van der Waals surface area contributed by atoms with Crippen molar-refractivity contribution in [3.8, 4) is 0 Å². The van der Waals surface area contributed by atoms with E-state index in [1.165, 1.54) is 12.7 Å². The maximum absolute atomic E-state index is 11.3. The monoisotopic (exact) mass is 244 g/mol. The fourth-order valence-corrected chi connectivity index (χ4v) is 1.73. The standard InChI is InChI=1S/C14H16N2O2/c1-10-5-3-4-6-12(10)15-9-11-7-8-13(16-11)14(17)18-2/h3-8,15-16H,9H2,1-2H3. The maximum atomic E-state index is 11.3. The zero-order chi connectivity index (χ0) is 13.0. The summed E-state index contributed by atoms with van der Waals surface area (Å²) in [5.41, 5.74) is 3.70. The third kappa shape index (κ3) is 2.71. The number of benzene rings is 1. The lowest BCUT2D eigenvalue weighted by Gasteiger charge is -2.07. The predicted molar refractivity (Wildman–Crippen MR) is 70.6 cm³/mol. The van der Waals surface area contributed by atoms with Gasteiger partial charge in [0.15, 0.2) is 0 Å². The molecule has 1 aromatic carbocycles. The third-order valence-corrected chi connectivity index (χ3v) is 2.77. The zero-order valence-electron chi connectivity index (χ0n) is 10.5. The Morgan fingerprint density at radius 3 is 2.78 bits per heavy atom. The van der Waals surface area contributed by atoms with Gasteiger partial charge in [-0.15, -0.1) is 0 Å². The largest absolute Gasteiger partial charge is 0.464 e. The molecule has 18 heavy (non-hydrogen) atoms. The topological polar surface area (TPSA) is 54.1 Å². The second-order valence-electron chi connectivity index (χ2n) is 4.06. The SMILES string of the molecule is COC(=O)c1ccc(CNc2ccccc2C)[nH]1. The summed E-state index contributed by atoms with van der Waals surface area (Å²) in [6, 6.07) is 11.7. The first-order chi connectivity index (χ1) is 8.70. The molecule has 2 rings (SSSR count). The summed E-state index contributed by atoms with van der Waals surface area (Å²) in [6.07, 6.45) is 0. The highest BCUT2D eigenvalue weighted by Crippen LogP contribution is 2.14. The molecule has 4 nitrogen and oxygen atoms in total. The van der Waals surface area contributed by atoms with Crippen molar-refractivity contribution in [2.75, 3.05) is 12.4 Å². The van der Waals surface area contributed by atoms with Crippen LogP contribution >= 0.6 is 0 Å². The maximum Gasteiger partial charge on any atom is 0.354 e. The first-order valence-corrected chi connectivity index (χ1v) is 5.76. The van der Waals surface area contributed by atoms with Gasteiger partial charge in [0.05, 0.1) is 13.7 Å². The minimum absolute atomic E-state index is 0.350. The Bertz CT molecular complexity index is 546. The van der Waals surface area contributed by atoms with Gasteiger partial charge in [0.1, 0.15) is 5.69 Å². The fraction of sp³-hybridized carbons (Fsp3) is 0.214. The quantitative estimate of drug-likeness (QED) is 0.813. The molecule has 1 aromatic heterocycles. The highest BCUT2D eigenvalue weighted by atomic mass is 16.5. The fourth-order valence-electron chi connectivity index (χ4n) is 1.73. The van der Waals surface area contributed by atoms with Crippen LogP contribution in [0.25, 0.3) is 0 Å². The van der Waals surface area contributed by atoms with Crippen LogP contribution < -0.4 is 5.32 Å². The first kappa shape index (κ1) is 12.2. The molecule has 2 N–H and O–H groups in total. The number of aromatic nitrogens is 1. The van der Waals surface area contributed by atoms with Gasteiger partial charge >= 0.3 is 5.97 Å². The van der Waals surface area contributed by atoms with Gasteiger partial charge in [0.25, 0.3) is 0 Å². The molecule has 0 aliphatic carbocycles. The molecule has 2 aromatic rings. The summed E-state index contributed by atoms with van der Waals surface area (Å²) >= 11 is 0. The number of aryl methyl sites for hydroxylation is 1. The molecule has 1 heterocycles. The molecule has 0 amide bonds. The van der Waals surface area contributed by atoms with Crippen molar-refractivity contribution in [2.24, 2.45) is 0 Å². The summed E-state index contributed by atoms with van der Waals surface area (Å²) in [6.45, 7) is 2.69. The number of carbonyl (C=O) groups is 1. The molecule has 0 radical (unpaired) electrons. The molecule has 0 aliphatic heterocycles. The zero-order valence-corrected chi connectivity index (χ0v) is 10.5. The van der Waals surface area contributed by atoms with E-state index in [1.807, 2.05) is 24.3 Å². The van der Waals surface area contributed by atoms with Crippen LogP contribution in [-0.2, 0) is 11.3 Å². The number of para-hydroxylation sites is 1. The molecule has 0 aliphatic rings. The van der Waals surface area contributed by atoms with Crippen LogP contribution in [0, 0.1) is 6.92 Å². The van der Waals surface area contributed by atoms with Gasteiger partial charge in [-0.1, -0.05) is 18.2 Å². The van der Waals surface area contributed by atoms with E-state index in [1.54, 1.807) is 6.07 Å². The highest BCUT2D eigenvalue weighted by Gasteiger charge is 2.07. The van der Waals surface area contributed by atoms with Crippen LogP contribution in [0.1, 0.15) is 21.7 Å². The van der Waals surface area contributed by atoms with E-state index in [9.17, 15) is 4.79 Å². The third-order valence-electron chi connectivity index (χ3n) is 2.77. The second-order valence-corrected chi connectivity index (χ2v) is 4.06. The molecule has 0 atom stereocenters. The van der Waals surface area contributed by atoms with Gasteiger partial charge in [0, 0.05) is 11.4 Å². The lowest BCUT2D eigenvalue weighted by molar-refractivity contribution is 0.0594. The van der Waals surface area contributed by atoms with E-state index in [4.69, 9.17) is 0 Å². The number of ether oxygens (including phenoxy) is 1. The Hall–Kier alpha value is -2.23. The van der Waals surface area contributed by atoms with E-state index in [0.717, 1.165) is 11.4 Å². The smallest absolute Gasteiger partial charge is 0.354 e. The van der Waals surface area contributed by atoms with Crippen molar-refractivity contribution in [1.29, 1.82) is 0 Å². The van der Waals surface area contributed by atoms with Gasteiger partial charge in [0.2, 0.25) is 0 Å². The minimum Gasteiger partial charge on any atom is -0.464 e. The average Bonchev–Trinajstić information content (AvgIpc) is 2.86. The van der Waals surface area contributed by atoms with Crippen LogP contribution in [0.5, 0.6) is 0 Å². The lowest BCUT2D eigenvalue weighted by atomic mass is 10.2. The van der Waals surface area contributed by atoms with E-state index < -0.39 is 0 Å². The van der Waals surface area contributed by atoms with Crippen LogP contribution in [0.3, 0.4) is 0 Å². The second kappa shape index (κ2) is 5.40. The summed E-state index contributed by atoms with van der Waals surface area (Å²) in [5.74, 6) is -0.350. The number of aromatic amines is 1. The van der Waals surface area contributed by atoms with Crippen molar-refractivity contribution < 1.29 is 9.53 Å². The Morgan fingerprint density at radius 2 is 2.06 bits per heavy atom. The van der Waals surface area contributed by atoms with Crippen molar-refractivity contribution in [1.82, 2.24) is 4.98 Å². The molecule has 4 heteroatoms. The summed E-state index contributed by atoms with van der Waals surface area (Å²) in [5, 5.41) is 3.32. The Morgan fingerprint density at radius 1 is 1.28 bits per heavy atom. The van der Waals surface area contributed by atoms with Gasteiger partial charge in [-0.2, -0.15) is 0 Å². The van der Waals surface area contributed by atoms with Gasteiger partial charge < -0.3 is 15.0 Å². The highest BCUT2D eigenvalue weighted by molar-refractivity contribution is 5.87. The summed E-state index contributed by atoms with van der Waals surface area (Å²) in [4.78, 5) is 14.3. The number of H-pyrrole nitrogens is 1. The molecule has 94 valence electrons. The van der Waals surface area contributed by atoms with Gasteiger partial charge in [-0.3, -0.25) is 0 Å². The number of anilines is 1. The van der Waals surface area contributed by atoms with Crippen molar-refractivity contribution in [2.45, 2.75) is 13.5 Å². The van der Waals surface area contributed by atoms with Crippen LogP contribution in [0.4, 0.5) is 5.69 Å². The number of carbonyl (C=O) groups excluding carboxylic acids is 1. The lowest BCUT2D eigenvalue weighted by Crippen LogP contribution is -2.04. The molecular weight excluding hydrogens is 228 g/mol. The minimum atomic E-state index is -0.350. The van der Waals surface area contributed by atoms with Crippen LogP contribution in [0.2, 0.25) is 0 Å². The van der Waals surface area contributed by atoms with Crippen molar-refractivity contribution in [3.63, 3.8) is 0 Å². The number of hydrogen-bond acceptors (Lipinski definition) is 3. The number of hydrogen-bond donors (Lipinski definition) is 2. The Labute approximate surface area is 106 Å². The molecule has 0 spiro atoms. The molecule has 0 fully saturated rings. The summed E-state index contributed by atoms with van der Waals surface area (Å²) in [7, 11) is 1.37. The Balaban J connectivity index is 2.01. The average molecular weight is 244 g/mol. The molecule has 0 saturated heterocycles. The normalized spacial score (nSPS) is 10.1. The van der Waals surface area contributed by atoms with Gasteiger partial charge in [-0.25, -0.2) is 4.79 Å². The van der Waals surface area contributed by atoms with Crippen molar-refractivity contribution >= 4 is 11.7 Å². The predicted octanol–water partition coefficient (Wildman–Crippen LogP) is 2.72. The summed E-state index contributed by atoms with van der Waals surface area (Å²) < 4.78 is 4.64. The van der Waals surface area contributed by atoms with E-state index >= 15 is 0 Å². The number of methoxy groups -OCH3 is 1. The van der Waals surface area contributed by atoms with Crippen LogP contribution in [0.15, 0.2) is 36.4 Å². The van der Waals surface area contributed by atoms with Crippen molar-refractivity contribution in [3.05, 3.63) is 53.3 Å². The number of esters is 1. The van der Waals surface area contributed by atoms with E-state index in [-0.39, 0.29) is 5.97 Å². The molecular formula is C14H16N2O2. The molecule has 0 unspecified atom stereocenters. The van der Waals surface area contributed by atoms with E-state index in [0.29, 0.717) is 12.2 Å². The Kier molecular flexibility index (Phi) is 3.67. The molecule has 0 saturated carbocycles.